The van der Waals surface area contributed by atoms with Crippen molar-refractivity contribution < 1.29 is 9.47 Å². The molecule has 0 amide bonds. The Morgan fingerprint density at radius 2 is 1.77 bits per heavy atom. The van der Waals surface area contributed by atoms with Gasteiger partial charge in [0.1, 0.15) is 0 Å². The van der Waals surface area contributed by atoms with Gasteiger partial charge in [-0.05, 0) is 42.2 Å². The van der Waals surface area contributed by atoms with Gasteiger partial charge < -0.3 is 9.47 Å². The Bertz CT molecular complexity index is 865. The minimum Gasteiger partial charge on any atom is -0.454 e. The Hall–Kier alpha value is -2.89. The Kier molecular flexibility index (Phi) is 6.19. The molecule has 5 heteroatoms. The van der Waals surface area contributed by atoms with Crippen LogP contribution >= 0.6 is 0 Å². The van der Waals surface area contributed by atoms with Crippen LogP contribution in [0.1, 0.15) is 23.1 Å². The second kappa shape index (κ2) is 8.99. The fourth-order valence-corrected chi connectivity index (χ4v) is 2.48. The molecule has 0 aliphatic carbocycles. The fraction of sp³-hybridized carbons (Fsp3) is 0.190. The van der Waals surface area contributed by atoms with E-state index in [0.717, 1.165) is 42.0 Å². The van der Waals surface area contributed by atoms with E-state index in [0.29, 0.717) is 0 Å². The van der Waals surface area contributed by atoms with Crippen molar-refractivity contribution in [3.05, 3.63) is 81.5 Å². The van der Waals surface area contributed by atoms with E-state index in [-0.39, 0.29) is 12.2 Å². The molecular weight excluding hydrogens is 328 g/mol. The number of benzene rings is 2. The zero-order valence-corrected chi connectivity index (χ0v) is 14.5. The lowest BCUT2D eigenvalue weighted by Crippen LogP contribution is -2.23. The highest BCUT2D eigenvalue weighted by atomic mass is 16.7. The highest BCUT2D eigenvalue weighted by Crippen LogP contribution is 2.32. The number of ether oxygens (including phenoxy) is 2. The van der Waals surface area contributed by atoms with Gasteiger partial charge in [-0.15, -0.1) is 0 Å². The molecule has 0 atom stereocenters. The zero-order valence-electron chi connectivity index (χ0n) is 14.5. The maximum atomic E-state index is 10.7. The Morgan fingerprint density at radius 3 is 2.50 bits per heavy atom. The number of hydrogen-bond donors (Lipinski definition) is 2. The van der Waals surface area contributed by atoms with Gasteiger partial charge in [-0.3, -0.25) is 16.1 Å². The van der Waals surface area contributed by atoms with Crippen LogP contribution in [0.4, 0.5) is 0 Å². The van der Waals surface area contributed by atoms with Gasteiger partial charge in [-0.2, -0.15) is 0 Å². The third-order valence-electron chi connectivity index (χ3n) is 3.97. The van der Waals surface area contributed by atoms with E-state index in [1.165, 1.54) is 5.56 Å². The molecule has 4 rings (SSSR count). The standard InChI is InChI=1S/C12H8O3.C9H14N2/c13-10-6-9(10)3-1-8-2-4-11-12(5-8)15-7-14-11;10-11-8-4-7-9-5-2-1-3-6-9/h1-6H,7H2;1-3,5-6,11H,4,7-8,10H2. The minimum atomic E-state index is 0.118. The molecule has 0 fully saturated rings. The van der Waals surface area contributed by atoms with Crippen LogP contribution in [-0.4, -0.2) is 13.3 Å². The van der Waals surface area contributed by atoms with Crippen molar-refractivity contribution in [3.63, 3.8) is 0 Å². The monoisotopic (exact) mass is 350 g/mol. The molecule has 1 aliphatic heterocycles. The maximum absolute atomic E-state index is 10.7. The van der Waals surface area contributed by atoms with Crippen molar-refractivity contribution in [2.24, 2.45) is 5.84 Å². The van der Waals surface area contributed by atoms with E-state index in [1.54, 1.807) is 12.1 Å². The van der Waals surface area contributed by atoms with E-state index < -0.39 is 0 Å². The number of nitrogens with one attached hydrogen (secondary N) is 1. The van der Waals surface area contributed by atoms with Crippen LogP contribution < -0.4 is 26.2 Å². The van der Waals surface area contributed by atoms with Gasteiger partial charge in [-0.25, -0.2) is 0 Å². The SMILES string of the molecule is NNCCCc1ccccc1.O=c1cc1C=Cc1ccc2c(c1)OCO2. The Balaban J connectivity index is 0.000000160. The second-order valence-electron chi connectivity index (χ2n) is 5.95. The van der Waals surface area contributed by atoms with E-state index in [1.807, 2.05) is 30.3 Å². The smallest absolute Gasteiger partial charge is 0.231 e. The van der Waals surface area contributed by atoms with E-state index in [9.17, 15) is 4.79 Å². The summed E-state index contributed by atoms with van der Waals surface area (Å²) in [6.45, 7) is 1.17. The molecule has 26 heavy (non-hydrogen) atoms. The molecule has 0 spiro atoms. The quantitative estimate of drug-likeness (QED) is 0.406. The van der Waals surface area contributed by atoms with Crippen LogP contribution in [0.25, 0.3) is 12.2 Å². The summed E-state index contributed by atoms with van der Waals surface area (Å²) in [5.74, 6) is 6.67. The predicted molar refractivity (Wildman–Crippen MR) is 104 cm³/mol. The van der Waals surface area contributed by atoms with E-state index in [4.69, 9.17) is 15.3 Å². The van der Waals surface area contributed by atoms with Crippen LogP contribution in [-0.2, 0) is 6.42 Å². The number of hydrazine groups is 1. The lowest BCUT2D eigenvalue weighted by Gasteiger charge is -1.99. The summed E-state index contributed by atoms with van der Waals surface area (Å²) in [5, 5.41) is 0. The largest absolute Gasteiger partial charge is 0.454 e. The number of fused-ring (bicyclic) bond motifs is 1. The van der Waals surface area contributed by atoms with Gasteiger partial charge in [0.15, 0.2) is 16.9 Å². The summed E-state index contributed by atoms with van der Waals surface area (Å²) in [6, 6.07) is 17.7. The van der Waals surface area contributed by atoms with Crippen LogP contribution in [0.3, 0.4) is 0 Å². The van der Waals surface area contributed by atoms with E-state index in [2.05, 4.69) is 29.7 Å². The third-order valence-corrected chi connectivity index (χ3v) is 3.97. The van der Waals surface area contributed by atoms with Crippen LogP contribution in [0.5, 0.6) is 11.5 Å². The summed E-state index contributed by atoms with van der Waals surface area (Å²) in [5.41, 5.74) is 5.90. The summed E-state index contributed by atoms with van der Waals surface area (Å²) >= 11 is 0. The molecule has 3 aromatic carbocycles. The first-order valence-corrected chi connectivity index (χ1v) is 8.57. The maximum Gasteiger partial charge on any atom is 0.231 e. The van der Waals surface area contributed by atoms with Gasteiger partial charge >= 0.3 is 0 Å². The number of nitrogens with two attached hydrogens (primary N) is 1. The van der Waals surface area contributed by atoms with Crippen molar-refractivity contribution in [2.45, 2.75) is 12.8 Å². The molecule has 0 unspecified atom stereocenters. The topological polar surface area (TPSA) is 73.6 Å². The number of rotatable bonds is 6. The highest BCUT2D eigenvalue weighted by Gasteiger charge is 2.12. The van der Waals surface area contributed by atoms with Gasteiger partial charge in [0.25, 0.3) is 0 Å². The summed E-state index contributed by atoms with van der Waals surface area (Å²) in [4.78, 5) is 10.7. The van der Waals surface area contributed by atoms with Crippen LogP contribution in [0, 0.1) is 0 Å². The molecule has 3 aromatic rings. The molecule has 3 N–H and O–H groups in total. The average molecular weight is 350 g/mol. The van der Waals surface area contributed by atoms with Gasteiger partial charge in [0.2, 0.25) is 6.79 Å². The van der Waals surface area contributed by atoms with Crippen molar-refractivity contribution in [1.29, 1.82) is 0 Å². The van der Waals surface area contributed by atoms with Crippen molar-refractivity contribution in [2.75, 3.05) is 13.3 Å². The summed E-state index contributed by atoms with van der Waals surface area (Å²) in [7, 11) is 0. The molecule has 0 aromatic heterocycles. The first-order valence-electron chi connectivity index (χ1n) is 8.57. The van der Waals surface area contributed by atoms with E-state index >= 15 is 0 Å². The molecular formula is C21H22N2O3. The van der Waals surface area contributed by atoms with Crippen molar-refractivity contribution >= 4 is 12.2 Å². The Morgan fingerprint density at radius 1 is 1.00 bits per heavy atom. The lowest BCUT2D eigenvalue weighted by molar-refractivity contribution is 0.174. The summed E-state index contributed by atoms with van der Waals surface area (Å²) < 4.78 is 10.4. The predicted octanol–water partition coefficient (Wildman–Crippen LogP) is 2.90. The summed E-state index contributed by atoms with van der Waals surface area (Å²) in [6.07, 6.45) is 5.89. The van der Waals surface area contributed by atoms with Gasteiger partial charge in [-0.1, -0.05) is 48.6 Å². The first-order chi connectivity index (χ1) is 12.8. The van der Waals surface area contributed by atoms with Crippen LogP contribution in [0.15, 0.2) is 59.4 Å². The first kappa shape index (κ1) is 17.9. The normalized spacial score (nSPS) is 12.3. The second-order valence-corrected chi connectivity index (χ2v) is 5.95. The zero-order chi connectivity index (χ0) is 18.2. The highest BCUT2D eigenvalue weighted by molar-refractivity contribution is 5.73. The number of aryl methyl sites for hydroxylation is 1. The molecule has 134 valence electrons. The van der Waals surface area contributed by atoms with Gasteiger partial charge in [0, 0.05) is 12.1 Å². The van der Waals surface area contributed by atoms with Crippen molar-refractivity contribution in [3.8, 4) is 11.5 Å². The molecule has 0 radical (unpaired) electrons. The lowest BCUT2D eigenvalue weighted by atomic mass is 10.1. The van der Waals surface area contributed by atoms with Crippen LogP contribution in [0.2, 0.25) is 0 Å². The Labute approximate surface area is 152 Å². The third kappa shape index (κ3) is 5.31. The molecule has 0 saturated carbocycles. The molecule has 1 aliphatic rings. The average Bonchev–Trinajstić information content (AvgIpc) is 3.18. The minimum absolute atomic E-state index is 0.118. The molecule has 1 heterocycles. The molecule has 0 saturated heterocycles. The van der Waals surface area contributed by atoms with Gasteiger partial charge in [0.05, 0.1) is 0 Å². The van der Waals surface area contributed by atoms with Crippen molar-refractivity contribution in [1.82, 2.24) is 5.43 Å². The molecule has 5 nitrogen and oxygen atoms in total. The molecule has 0 bridgehead atoms. The fourth-order valence-electron chi connectivity index (χ4n) is 2.48. The number of hydrogen-bond acceptors (Lipinski definition) is 5.